The van der Waals surface area contributed by atoms with Crippen molar-refractivity contribution >= 4 is 15.9 Å². The monoisotopic (exact) mass is 259 g/mol. The summed E-state index contributed by atoms with van der Waals surface area (Å²) >= 11 is 3.35. The Morgan fingerprint density at radius 1 is 1.43 bits per heavy atom. The Morgan fingerprint density at radius 3 is 2.86 bits per heavy atom. The maximum atomic E-state index is 5.48. The molecule has 78 valence electrons. The van der Waals surface area contributed by atoms with Crippen molar-refractivity contribution in [2.45, 2.75) is 13.3 Å². The van der Waals surface area contributed by atoms with Crippen LogP contribution in [0.25, 0.3) is 0 Å². The third-order valence-corrected chi connectivity index (χ3v) is 2.16. The quantitative estimate of drug-likeness (QED) is 0.762. The van der Waals surface area contributed by atoms with E-state index in [-0.39, 0.29) is 0 Å². The zero-order valence-electron chi connectivity index (χ0n) is 8.42. The minimum absolute atomic E-state index is 0.642. The van der Waals surface area contributed by atoms with Crippen molar-refractivity contribution in [1.82, 2.24) is 4.98 Å². The normalized spacial score (nSPS) is 10.2. The molecule has 0 unspecified atom stereocenters. The third-order valence-electron chi connectivity index (χ3n) is 1.73. The van der Waals surface area contributed by atoms with E-state index >= 15 is 0 Å². The van der Waals surface area contributed by atoms with Gasteiger partial charge in [-0.05, 0) is 28.9 Å². The Labute approximate surface area is 92.6 Å². The van der Waals surface area contributed by atoms with Crippen molar-refractivity contribution in [3.63, 3.8) is 0 Å². The summed E-state index contributed by atoms with van der Waals surface area (Å²) in [6.07, 6.45) is 2.62. The topological polar surface area (TPSA) is 31.4 Å². The van der Waals surface area contributed by atoms with Gasteiger partial charge in [0.25, 0.3) is 0 Å². The van der Waals surface area contributed by atoms with Gasteiger partial charge < -0.3 is 9.47 Å². The third kappa shape index (κ3) is 3.64. The second kappa shape index (κ2) is 5.98. The van der Waals surface area contributed by atoms with Crippen LogP contribution in [0.2, 0.25) is 0 Å². The highest BCUT2D eigenvalue weighted by Gasteiger charge is 2.00. The van der Waals surface area contributed by atoms with Gasteiger partial charge in [-0.3, -0.25) is 0 Å². The van der Waals surface area contributed by atoms with Crippen molar-refractivity contribution < 1.29 is 9.47 Å². The van der Waals surface area contributed by atoms with E-state index in [4.69, 9.17) is 9.47 Å². The van der Waals surface area contributed by atoms with Crippen LogP contribution in [0.15, 0.2) is 16.7 Å². The van der Waals surface area contributed by atoms with Crippen molar-refractivity contribution in [2.24, 2.45) is 0 Å². The summed E-state index contributed by atoms with van der Waals surface area (Å²) in [5.74, 6) is 0.698. The molecule has 0 aliphatic heterocycles. The molecule has 14 heavy (non-hydrogen) atoms. The van der Waals surface area contributed by atoms with E-state index in [1.165, 1.54) is 0 Å². The molecule has 0 N–H and O–H groups in total. The molecule has 1 heterocycles. The number of aryl methyl sites for hydroxylation is 1. The fourth-order valence-corrected chi connectivity index (χ4v) is 1.50. The minimum Gasteiger partial charge on any atom is -0.477 e. The van der Waals surface area contributed by atoms with E-state index < -0.39 is 0 Å². The van der Waals surface area contributed by atoms with Gasteiger partial charge in [-0.25, -0.2) is 4.98 Å². The lowest BCUT2D eigenvalue weighted by atomic mass is 10.3. The molecule has 0 atom stereocenters. The summed E-state index contributed by atoms with van der Waals surface area (Å²) in [7, 11) is 1.68. The van der Waals surface area contributed by atoms with Crippen LogP contribution < -0.4 is 4.74 Å². The number of aromatic nitrogens is 1. The maximum absolute atomic E-state index is 5.48. The fraction of sp³-hybridized carbons (Fsp3) is 0.500. The van der Waals surface area contributed by atoms with Crippen LogP contribution in [-0.4, -0.2) is 25.3 Å². The molecule has 0 radical (unpaired) electrons. The second-order valence-electron chi connectivity index (χ2n) is 2.97. The maximum Gasteiger partial charge on any atom is 0.216 e. The van der Waals surface area contributed by atoms with Gasteiger partial charge in [0.05, 0.1) is 6.61 Å². The fourth-order valence-electron chi connectivity index (χ4n) is 1.05. The summed E-state index contributed by atoms with van der Waals surface area (Å²) in [6.45, 7) is 3.34. The highest BCUT2D eigenvalue weighted by molar-refractivity contribution is 9.10. The number of nitrogens with zero attached hydrogens (tertiary/aromatic N) is 1. The SMILES string of the molecule is COCCCOc1ncc(Br)cc1C. The minimum atomic E-state index is 0.642. The molecule has 0 aliphatic carbocycles. The predicted octanol–water partition coefficient (Wildman–Crippen LogP) is 2.57. The Morgan fingerprint density at radius 2 is 2.21 bits per heavy atom. The standard InChI is InChI=1S/C10H14BrNO2/c1-8-6-9(11)7-12-10(8)14-5-3-4-13-2/h6-7H,3-5H2,1-2H3. The molecule has 0 aliphatic rings. The van der Waals surface area contributed by atoms with Crippen LogP contribution in [0.5, 0.6) is 5.88 Å². The van der Waals surface area contributed by atoms with Gasteiger partial charge in [0.2, 0.25) is 5.88 Å². The van der Waals surface area contributed by atoms with E-state index in [1.54, 1.807) is 13.3 Å². The van der Waals surface area contributed by atoms with Gasteiger partial charge in [-0.2, -0.15) is 0 Å². The average Bonchev–Trinajstić information content (AvgIpc) is 2.15. The molecular formula is C10H14BrNO2. The number of pyridine rings is 1. The number of hydrogen-bond acceptors (Lipinski definition) is 3. The van der Waals surface area contributed by atoms with Crippen LogP contribution in [0.3, 0.4) is 0 Å². The van der Waals surface area contributed by atoms with Gasteiger partial charge >= 0.3 is 0 Å². The molecule has 0 saturated carbocycles. The van der Waals surface area contributed by atoms with Crippen LogP contribution in [0.1, 0.15) is 12.0 Å². The molecule has 1 aromatic rings. The molecule has 0 fully saturated rings. The number of halogens is 1. The zero-order valence-corrected chi connectivity index (χ0v) is 10.0. The molecule has 1 aromatic heterocycles. The molecule has 0 amide bonds. The van der Waals surface area contributed by atoms with Crippen LogP contribution in [-0.2, 0) is 4.74 Å². The second-order valence-corrected chi connectivity index (χ2v) is 3.89. The van der Waals surface area contributed by atoms with Crippen molar-refractivity contribution in [2.75, 3.05) is 20.3 Å². The van der Waals surface area contributed by atoms with Gasteiger partial charge in [0.15, 0.2) is 0 Å². The largest absolute Gasteiger partial charge is 0.477 e. The molecule has 4 heteroatoms. The van der Waals surface area contributed by atoms with Gasteiger partial charge in [0, 0.05) is 36.4 Å². The van der Waals surface area contributed by atoms with E-state index in [1.807, 2.05) is 13.0 Å². The molecule has 0 bridgehead atoms. The van der Waals surface area contributed by atoms with Gasteiger partial charge in [0.1, 0.15) is 0 Å². The summed E-state index contributed by atoms with van der Waals surface area (Å²) in [5, 5.41) is 0. The lowest BCUT2D eigenvalue weighted by Gasteiger charge is -2.07. The highest BCUT2D eigenvalue weighted by Crippen LogP contribution is 2.18. The zero-order chi connectivity index (χ0) is 10.4. The molecule has 0 spiro atoms. The number of methoxy groups -OCH3 is 1. The molecule has 1 rings (SSSR count). The lowest BCUT2D eigenvalue weighted by Crippen LogP contribution is -2.03. The number of hydrogen-bond donors (Lipinski definition) is 0. The van der Waals surface area contributed by atoms with Crippen molar-refractivity contribution in [1.29, 1.82) is 0 Å². The van der Waals surface area contributed by atoms with Crippen LogP contribution in [0.4, 0.5) is 0 Å². The summed E-state index contributed by atoms with van der Waals surface area (Å²) in [6, 6.07) is 1.98. The summed E-state index contributed by atoms with van der Waals surface area (Å²) < 4.78 is 11.4. The predicted molar refractivity (Wildman–Crippen MR) is 58.7 cm³/mol. The van der Waals surface area contributed by atoms with E-state index in [2.05, 4.69) is 20.9 Å². The first-order valence-corrected chi connectivity index (χ1v) is 5.27. The Balaban J connectivity index is 2.42. The average molecular weight is 260 g/mol. The highest BCUT2D eigenvalue weighted by atomic mass is 79.9. The van der Waals surface area contributed by atoms with E-state index in [0.717, 1.165) is 23.1 Å². The van der Waals surface area contributed by atoms with Gasteiger partial charge in [-0.15, -0.1) is 0 Å². The molecular weight excluding hydrogens is 246 g/mol. The summed E-state index contributed by atoms with van der Waals surface area (Å²) in [4.78, 5) is 4.17. The number of ether oxygens (including phenoxy) is 2. The van der Waals surface area contributed by atoms with Crippen molar-refractivity contribution in [3.8, 4) is 5.88 Å². The van der Waals surface area contributed by atoms with E-state index in [0.29, 0.717) is 12.5 Å². The van der Waals surface area contributed by atoms with Crippen LogP contribution >= 0.6 is 15.9 Å². The first-order valence-electron chi connectivity index (χ1n) is 4.48. The Kier molecular flexibility index (Phi) is 4.90. The van der Waals surface area contributed by atoms with Gasteiger partial charge in [-0.1, -0.05) is 0 Å². The Hall–Kier alpha value is -0.610. The first kappa shape index (κ1) is 11.5. The van der Waals surface area contributed by atoms with E-state index in [9.17, 15) is 0 Å². The van der Waals surface area contributed by atoms with Crippen molar-refractivity contribution in [3.05, 3.63) is 22.3 Å². The molecule has 3 nitrogen and oxygen atoms in total. The smallest absolute Gasteiger partial charge is 0.216 e. The number of rotatable bonds is 5. The Bertz CT molecular complexity index is 291. The molecule has 0 aromatic carbocycles. The lowest BCUT2D eigenvalue weighted by molar-refractivity contribution is 0.170. The van der Waals surface area contributed by atoms with Crippen LogP contribution in [0, 0.1) is 6.92 Å². The summed E-state index contributed by atoms with van der Waals surface area (Å²) in [5.41, 5.74) is 1.04. The molecule has 0 saturated heterocycles. The first-order chi connectivity index (χ1) is 6.74.